The SMILES string of the molecule is CCN=C(N)N1CCC(c2ccc(OC)cc2)C1.I. The Morgan fingerprint density at radius 1 is 1.42 bits per heavy atom. The first-order valence-corrected chi connectivity index (χ1v) is 6.43. The molecule has 1 aliphatic rings. The molecule has 5 heteroatoms. The fourth-order valence-electron chi connectivity index (χ4n) is 2.38. The lowest BCUT2D eigenvalue weighted by atomic mass is 9.98. The first-order chi connectivity index (χ1) is 8.74. The van der Waals surface area contributed by atoms with Gasteiger partial charge in [-0.05, 0) is 31.0 Å². The van der Waals surface area contributed by atoms with Gasteiger partial charge in [0.1, 0.15) is 5.75 Å². The number of aliphatic imine (C=N–C) groups is 1. The summed E-state index contributed by atoms with van der Waals surface area (Å²) in [5.41, 5.74) is 7.28. The average Bonchev–Trinajstić information content (AvgIpc) is 2.89. The number of ether oxygens (including phenoxy) is 1. The van der Waals surface area contributed by atoms with Gasteiger partial charge in [0.15, 0.2) is 5.96 Å². The van der Waals surface area contributed by atoms with Gasteiger partial charge in [-0.25, -0.2) is 0 Å². The summed E-state index contributed by atoms with van der Waals surface area (Å²) in [6.07, 6.45) is 1.13. The van der Waals surface area contributed by atoms with Gasteiger partial charge in [-0.1, -0.05) is 12.1 Å². The van der Waals surface area contributed by atoms with Gasteiger partial charge in [-0.15, -0.1) is 24.0 Å². The third-order valence-corrected chi connectivity index (χ3v) is 3.42. The van der Waals surface area contributed by atoms with E-state index in [1.165, 1.54) is 5.56 Å². The van der Waals surface area contributed by atoms with Crippen LogP contribution >= 0.6 is 24.0 Å². The van der Waals surface area contributed by atoms with Crippen LogP contribution in [-0.2, 0) is 0 Å². The Labute approximate surface area is 132 Å². The van der Waals surface area contributed by atoms with Gasteiger partial charge >= 0.3 is 0 Å². The summed E-state index contributed by atoms with van der Waals surface area (Å²) in [6, 6.07) is 8.31. The largest absolute Gasteiger partial charge is 0.497 e. The van der Waals surface area contributed by atoms with Crippen molar-refractivity contribution in [2.24, 2.45) is 10.7 Å². The van der Waals surface area contributed by atoms with Crippen molar-refractivity contribution in [3.63, 3.8) is 0 Å². The van der Waals surface area contributed by atoms with E-state index in [2.05, 4.69) is 22.0 Å². The maximum Gasteiger partial charge on any atom is 0.191 e. The van der Waals surface area contributed by atoms with Crippen molar-refractivity contribution in [3.05, 3.63) is 29.8 Å². The van der Waals surface area contributed by atoms with Crippen molar-refractivity contribution in [3.8, 4) is 5.75 Å². The summed E-state index contributed by atoms with van der Waals surface area (Å²) in [5.74, 6) is 2.12. The van der Waals surface area contributed by atoms with Crippen LogP contribution in [0.5, 0.6) is 5.75 Å². The number of methoxy groups -OCH3 is 1. The quantitative estimate of drug-likeness (QED) is 0.502. The lowest BCUT2D eigenvalue weighted by Crippen LogP contribution is -2.35. The second kappa shape index (κ2) is 7.57. The maximum absolute atomic E-state index is 5.93. The molecule has 1 aromatic carbocycles. The summed E-state index contributed by atoms with van der Waals surface area (Å²) in [6.45, 7) is 4.70. The molecule has 106 valence electrons. The Bertz CT molecular complexity index is 419. The molecule has 4 nitrogen and oxygen atoms in total. The minimum absolute atomic E-state index is 0. The highest BCUT2D eigenvalue weighted by Crippen LogP contribution is 2.28. The first kappa shape index (κ1) is 16.1. The fourth-order valence-corrected chi connectivity index (χ4v) is 2.38. The van der Waals surface area contributed by atoms with Crippen molar-refractivity contribution in [2.45, 2.75) is 19.3 Å². The smallest absolute Gasteiger partial charge is 0.191 e. The third-order valence-electron chi connectivity index (χ3n) is 3.42. The highest BCUT2D eigenvalue weighted by molar-refractivity contribution is 14.0. The molecule has 0 aliphatic carbocycles. The number of likely N-dealkylation sites (tertiary alicyclic amines) is 1. The fraction of sp³-hybridized carbons (Fsp3) is 0.500. The number of benzene rings is 1. The standard InChI is InChI=1S/C14H21N3O.HI/c1-3-16-14(15)17-9-8-12(10-17)11-4-6-13(18-2)7-5-11;/h4-7,12H,3,8-10H2,1-2H3,(H2,15,16);1H. The zero-order valence-corrected chi connectivity index (χ0v) is 13.8. The first-order valence-electron chi connectivity index (χ1n) is 6.43. The van der Waals surface area contributed by atoms with Gasteiger partial charge < -0.3 is 15.4 Å². The highest BCUT2D eigenvalue weighted by Gasteiger charge is 2.24. The Morgan fingerprint density at radius 3 is 2.68 bits per heavy atom. The maximum atomic E-state index is 5.93. The summed E-state index contributed by atoms with van der Waals surface area (Å²) >= 11 is 0. The molecule has 1 atom stereocenters. The van der Waals surface area contributed by atoms with Gasteiger partial charge in [0.05, 0.1) is 7.11 Å². The third kappa shape index (κ3) is 3.99. The molecule has 2 rings (SSSR count). The number of guanidine groups is 1. The molecule has 0 bridgehead atoms. The van der Waals surface area contributed by atoms with Gasteiger partial charge in [0, 0.05) is 25.6 Å². The number of halogens is 1. The van der Waals surface area contributed by atoms with E-state index in [1.54, 1.807) is 7.11 Å². The predicted molar refractivity (Wildman–Crippen MR) is 89.5 cm³/mol. The Kier molecular flexibility index (Phi) is 6.41. The van der Waals surface area contributed by atoms with Gasteiger partial charge in [0.2, 0.25) is 0 Å². The molecule has 0 spiro atoms. The molecule has 1 aliphatic heterocycles. The number of nitrogens with two attached hydrogens (primary N) is 1. The number of hydrogen-bond donors (Lipinski definition) is 1. The van der Waals surface area contributed by atoms with Gasteiger partial charge in [-0.3, -0.25) is 4.99 Å². The molecular formula is C14H22IN3O. The Hall–Kier alpha value is -0.980. The van der Waals surface area contributed by atoms with Crippen molar-refractivity contribution in [1.29, 1.82) is 0 Å². The molecule has 1 aromatic rings. The van der Waals surface area contributed by atoms with Crippen LogP contribution < -0.4 is 10.5 Å². The molecule has 0 radical (unpaired) electrons. The second-order valence-corrected chi connectivity index (χ2v) is 4.54. The second-order valence-electron chi connectivity index (χ2n) is 4.54. The summed E-state index contributed by atoms with van der Waals surface area (Å²) < 4.78 is 5.17. The molecular weight excluding hydrogens is 353 g/mol. The van der Waals surface area contributed by atoms with E-state index in [4.69, 9.17) is 10.5 Å². The van der Waals surface area contributed by atoms with E-state index >= 15 is 0 Å². The van der Waals surface area contributed by atoms with Crippen LogP contribution in [0.3, 0.4) is 0 Å². The van der Waals surface area contributed by atoms with Crippen molar-refractivity contribution < 1.29 is 4.74 Å². The number of hydrogen-bond acceptors (Lipinski definition) is 2. The van der Waals surface area contributed by atoms with E-state index in [1.807, 2.05) is 19.1 Å². The zero-order valence-electron chi connectivity index (χ0n) is 11.5. The highest BCUT2D eigenvalue weighted by atomic mass is 127. The normalized spacial score (nSPS) is 19.2. The van der Waals surface area contributed by atoms with Crippen LogP contribution in [0.4, 0.5) is 0 Å². The molecule has 19 heavy (non-hydrogen) atoms. The molecule has 0 aromatic heterocycles. The van der Waals surface area contributed by atoms with E-state index in [9.17, 15) is 0 Å². The average molecular weight is 375 g/mol. The lowest BCUT2D eigenvalue weighted by Gasteiger charge is -2.17. The van der Waals surface area contributed by atoms with Gasteiger partial charge in [-0.2, -0.15) is 0 Å². The van der Waals surface area contributed by atoms with Crippen LogP contribution in [0.2, 0.25) is 0 Å². The Balaban J connectivity index is 0.00000180. The zero-order chi connectivity index (χ0) is 13.0. The number of rotatable bonds is 3. The van der Waals surface area contributed by atoms with Crippen LogP contribution in [-0.4, -0.2) is 37.6 Å². The van der Waals surface area contributed by atoms with Gasteiger partial charge in [0.25, 0.3) is 0 Å². The van der Waals surface area contributed by atoms with E-state index in [0.717, 1.165) is 31.8 Å². The van der Waals surface area contributed by atoms with Crippen molar-refractivity contribution in [2.75, 3.05) is 26.7 Å². The lowest BCUT2D eigenvalue weighted by molar-refractivity contribution is 0.414. The summed E-state index contributed by atoms with van der Waals surface area (Å²) in [4.78, 5) is 6.43. The van der Waals surface area contributed by atoms with Crippen molar-refractivity contribution in [1.82, 2.24) is 4.90 Å². The molecule has 1 heterocycles. The molecule has 1 saturated heterocycles. The molecule has 2 N–H and O–H groups in total. The predicted octanol–water partition coefficient (Wildman–Crippen LogP) is 2.44. The van der Waals surface area contributed by atoms with E-state index in [0.29, 0.717) is 11.9 Å². The molecule has 0 saturated carbocycles. The summed E-state index contributed by atoms with van der Waals surface area (Å²) in [7, 11) is 1.69. The van der Waals surface area contributed by atoms with Crippen LogP contribution in [0.25, 0.3) is 0 Å². The van der Waals surface area contributed by atoms with Crippen molar-refractivity contribution >= 4 is 29.9 Å². The molecule has 1 unspecified atom stereocenters. The topological polar surface area (TPSA) is 50.8 Å². The molecule has 1 fully saturated rings. The minimum atomic E-state index is 0. The van der Waals surface area contributed by atoms with Crippen LogP contribution in [0, 0.1) is 0 Å². The minimum Gasteiger partial charge on any atom is -0.497 e. The molecule has 0 amide bonds. The van der Waals surface area contributed by atoms with Crippen LogP contribution in [0.1, 0.15) is 24.8 Å². The van der Waals surface area contributed by atoms with Crippen LogP contribution in [0.15, 0.2) is 29.3 Å². The Morgan fingerprint density at radius 2 is 2.11 bits per heavy atom. The number of nitrogens with zero attached hydrogens (tertiary/aromatic N) is 2. The summed E-state index contributed by atoms with van der Waals surface area (Å²) in [5, 5.41) is 0. The monoisotopic (exact) mass is 375 g/mol. The van der Waals surface area contributed by atoms with E-state index < -0.39 is 0 Å². The van der Waals surface area contributed by atoms with E-state index in [-0.39, 0.29) is 24.0 Å².